The SMILES string of the molecule is O=C(NCCCN1CCCCCC1)c1ccc2c(c1)C(=O)N(Cc1ccccc1)C2=O. The number of hydrogen-bond acceptors (Lipinski definition) is 4. The van der Waals surface area contributed by atoms with Crippen LogP contribution in [0.15, 0.2) is 48.5 Å². The van der Waals surface area contributed by atoms with Crippen molar-refractivity contribution in [2.75, 3.05) is 26.2 Å². The number of benzene rings is 2. The summed E-state index contributed by atoms with van der Waals surface area (Å²) in [4.78, 5) is 41.8. The largest absolute Gasteiger partial charge is 0.352 e. The Morgan fingerprint density at radius 3 is 2.32 bits per heavy atom. The van der Waals surface area contributed by atoms with Crippen LogP contribution >= 0.6 is 0 Å². The zero-order chi connectivity index (χ0) is 21.6. The molecule has 2 heterocycles. The average molecular weight is 420 g/mol. The Morgan fingerprint density at radius 2 is 1.58 bits per heavy atom. The lowest BCUT2D eigenvalue weighted by Gasteiger charge is -2.19. The normalized spacial score (nSPS) is 16.8. The fourth-order valence-electron chi connectivity index (χ4n) is 4.31. The average Bonchev–Trinajstić information content (AvgIpc) is 2.98. The number of amides is 3. The van der Waals surface area contributed by atoms with Gasteiger partial charge in [-0.1, -0.05) is 43.2 Å². The zero-order valence-corrected chi connectivity index (χ0v) is 17.8. The monoisotopic (exact) mass is 419 g/mol. The molecule has 2 aliphatic rings. The van der Waals surface area contributed by atoms with Crippen LogP contribution in [-0.2, 0) is 6.54 Å². The molecule has 0 atom stereocenters. The van der Waals surface area contributed by atoms with Gasteiger partial charge in [0.25, 0.3) is 17.7 Å². The van der Waals surface area contributed by atoms with Gasteiger partial charge in [0.2, 0.25) is 0 Å². The number of carbonyl (C=O) groups is 3. The zero-order valence-electron chi connectivity index (χ0n) is 17.8. The molecule has 2 aliphatic heterocycles. The van der Waals surface area contributed by atoms with E-state index in [9.17, 15) is 14.4 Å². The first-order valence-corrected chi connectivity index (χ1v) is 11.2. The first kappa shape index (κ1) is 21.2. The van der Waals surface area contributed by atoms with E-state index in [2.05, 4.69) is 10.2 Å². The van der Waals surface area contributed by atoms with E-state index in [0.29, 0.717) is 23.2 Å². The quantitative estimate of drug-likeness (QED) is 0.551. The molecule has 0 radical (unpaired) electrons. The molecule has 2 aromatic carbocycles. The van der Waals surface area contributed by atoms with Gasteiger partial charge in [-0.05, 0) is 62.7 Å². The molecule has 3 amide bonds. The van der Waals surface area contributed by atoms with E-state index in [4.69, 9.17) is 0 Å². The predicted molar refractivity (Wildman–Crippen MR) is 119 cm³/mol. The molecule has 6 heteroatoms. The Bertz CT molecular complexity index is 950. The van der Waals surface area contributed by atoms with Crippen LogP contribution in [0.4, 0.5) is 0 Å². The maximum atomic E-state index is 12.8. The number of likely N-dealkylation sites (tertiary alicyclic amines) is 1. The molecular formula is C25H29N3O3. The molecule has 0 aliphatic carbocycles. The molecule has 0 bridgehead atoms. The van der Waals surface area contributed by atoms with E-state index in [1.807, 2.05) is 30.3 Å². The highest BCUT2D eigenvalue weighted by Crippen LogP contribution is 2.25. The summed E-state index contributed by atoms with van der Waals surface area (Å²) >= 11 is 0. The molecular weight excluding hydrogens is 390 g/mol. The second-order valence-electron chi connectivity index (χ2n) is 8.31. The predicted octanol–water partition coefficient (Wildman–Crippen LogP) is 3.48. The fourth-order valence-corrected chi connectivity index (χ4v) is 4.31. The topological polar surface area (TPSA) is 69.7 Å². The molecule has 1 fully saturated rings. The minimum atomic E-state index is -0.348. The smallest absolute Gasteiger partial charge is 0.261 e. The van der Waals surface area contributed by atoms with Crippen LogP contribution in [-0.4, -0.2) is 53.7 Å². The van der Waals surface area contributed by atoms with Crippen LogP contribution in [0.25, 0.3) is 0 Å². The molecule has 6 nitrogen and oxygen atoms in total. The van der Waals surface area contributed by atoms with Crippen LogP contribution in [0.3, 0.4) is 0 Å². The summed E-state index contributed by atoms with van der Waals surface area (Å²) in [6, 6.07) is 14.2. The van der Waals surface area contributed by atoms with Gasteiger partial charge >= 0.3 is 0 Å². The lowest BCUT2D eigenvalue weighted by atomic mass is 10.1. The highest BCUT2D eigenvalue weighted by atomic mass is 16.2. The highest BCUT2D eigenvalue weighted by molar-refractivity contribution is 6.22. The third-order valence-electron chi connectivity index (χ3n) is 6.05. The van der Waals surface area contributed by atoms with Crippen LogP contribution in [0.1, 0.15) is 68.7 Å². The summed E-state index contributed by atoms with van der Waals surface area (Å²) in [6.07, 6.45) is 6.05. The highest BCUT2D eigenvalue weighted by Gasteiger charge is 2.35. The Balaban J connectivity index is 1.33. The second kappa shape index (κ2) is 9.88. The number of hydrogen-bond donors (Lipinski definition) is 1. The molecule has 162 valence electrons. The van der Waals surface area contributed by atoms with Crippen molar-refractivity contribution in [1.82, 2.24) is 15.1 Å². The molecule has 0 aromatic heterocycles. The number of fused-ring (bicyclic) bond motifs is 1. The molecule has 0 spiro atoms. The van der Waals surface area contributed by atoms with E-state index < -0.39 is 0 Å². The summed E-state index contributed by atoms with van der Waals surface area (Å²) in [5.74, 6) is -0.867. The van der Waals surface area contributed by atoms with Crippen molar-refractivity contribution in [3.63, 3.8) is 0 Å². The third kappa shape index (κ3) is 5.02. The van der Waals surface area contributed by atoms with E-state index in [1.54, 1.807) is 18.2 Å². The number of nitrogens with zero attached hydrogens (tertiary/aromatic N) is 2. The van der Waals surface area contributed by atoms with Crippen LogP contribution in [0.2, 0.25) is 0 Å². The Kier molecular flexibility index (Phi) is 6.77. The fraction of sp³-hybridized carbons (Fsp3) is 0.400. The maximum Gasteiger partial charge on any atom is 0.261 e. The minimum absolute atomic E-state index is 0.208. The molecule has 31 heavy (non-hydrogen) atoms. The molecule has 0 unspecified atom stereocenters. The summed E-state index contributed by atoms with van der Waals surface area (Å²) < 4.78 is 0. The van der Waals surface area contributed by atoms with Crippen molar-refractivity contribution in [3.8, 4) is 0 Å². The van der Waals surface area contributed by atoms with Gasteiger partial charge in [0.15, 0.2) is 0 Å². The van der Waals surface area contributed by atoms with E-state index in [-0.39, 0.29) is 24.3 Å². The lowest BCUT2D eigenvalue weighted by Crippen LogP contribution is -2.30. The first-order chi connectivity index (χ1) is 15.1. The van der Waals surface area contributed by atoms with Crippen molar-refractivity contribution in [2.24, 2.45) is 0 Å². The molecule has 4 rings (SSSR count). The number of carbonyl (C=O) groups excluding carboxylic acids is 3. The number of imide groups is 1. The molecule has 2 aromatic rings. The third-order valence-corrected chi connectivity index (χ3v) is 6.05. The second-order valence-corrected chi connectivity index (χ2v) is 8.31. The number of nitrogens with one attached hydrogen (secondary N) is 1. The molecule has 1 N–H and O–H groups in total. The van der Waals surface area contributed by atoms with Gasteiger partial charge in [-0.3, -0.25) is 19.3 Å². The summed E-state index contributed by atoms with van der Waals surface area (Å²) in [7, 11) is 0. The van der Waals surface area contributed by atoms with Gasteiger partial charge in [0, 0.05) is 12.1 Å². The minimum Gasteiger partial charge on any atom is -0.352 e. The van der Waals surface area contributed by atoms with Gasteiger partial charge in [0.1, 0.15) is 0 Å². The van der Waals surface area contributed by atoms with Crippen LogP contribution in [0, 0.1) is 0 Å². The van der Waals surface area contributed by atoms with Gasteiger partial charge in [0.05, 0.1) is 17.7 Å². The molecule has 0 saturated carbocycles. The summed E-state index contributed by atoms with van der Waals surface area (Å²) in [5.41, 5.74) is 1.97. The van der Waals surface area contributed by atoms with Gasteiger partial charge in [-0.15, -0.1) is 0 Å². The van der Waals surface area contributed by atoms with Gasteiger partial charge in [-0.2, -0.15) is 0 Å². The Labute approximate surface area is 183 Å². The van der Waals surface area contributed by atoms with Crippen molar-refractivity contribution >= 4 is 17.7 Å². The van der Waals surface area contributed by atoms with E-state index in [0.717, 1.165) is 31.6 Å². The molecule has 1 saturated heterocycles. The van der Waals surface area contributed by atoms with E-state index in [1.165, 1.54) is 30.6 Å². The maximum absolute atomic E-state index is 12.8. The lowest BCUT2D eigenvalue weighted by molar-refractivity contribution is 0.0642. The van der Waals surface area contributed by atoms with Crippen molar-refractivity contribution in [3.05, 3.63) is 70.8 Å². The first-order valence-electron chi connectivity index (χ1n) is 11.2. The Morgan fingerprint density at radius 1 is 0.871 bits per heavy atom. The van der Waals surface area contributed by atoms with Crippen LogP contribution < -0.4 is 5.32 Å². The van der Waals surface area contributed by atoms with Gasteiger partial charge in [-0.25, -0.2) is 0 Å². The number of rotatable bonds is 7. The van der Waals surface area contributed by atoms with Crippen molar-refractivity contribution in [2.45, 2.75) is 38.6 Å². The Hall–Kier alpha value is -2.99. The summed E-state index contributed by atoms with van der Waals surface area (Å²) in [5, 5.41) is 2.95. The van der Waals surface area contributed by atoms with Crippen LogP contribution in [0.5, 0.6) is 0 Å². The van der Waals surface area contributed by atoms with Gasteiger partial charge < -0.3 is 10.2 Å². The summed E-state index contributed by atoms with van der Waals surface area (Å²) in [6.45, 7) is 4.11. The van der Waals surface area contributed by atoms with Crippen molar-refractivity contribution in [1.29, 1.82) is 0 Å². The van der Waals surface area contributed by atoms with E-state index >= 15 is 0 Å². The standard InChI is InChI=1S/C25H29N3O3/c29-23(26-13-8-16-27-14-6-1-2-7-15-27)20-11-12-21-22(17-20)25(31)28(24(21)30)18-19-9-4-3-5-10-19/h3-5,9-12,17H,1-2,6-8,13-16,18H2,(H,26,29). The van der Waals surface area contributed by atoms with Crippen molar-refractivity contribution < 1.29 is 14.4 Å².